The van der Waals surface area contributed by atoms with Crippen molar-refractivity contribution in [1.82, 2.24) is 0 Å². The van der Waals surface area contributed by atoms with Crippen LogP contribution in [0.15, 0.2) is 42.5 Å². The Morgan fingerprint density at radius 2 is 1.77 bits per heavy atom. The number of aryl methyl sites for hydroxylation is 2. The van der Waals surface area contributed by atoms with Crippen molar-refractivity contribution in [3.05, 3.63) is 59.2 Å². The zero-order valence-corrected chi connectivity index (χ0v) is 12.6. The Kier molecular flexibility index (Phi) is 4.78. The Labute approximate surface area is 129 Å². The van der Waals surface area contributed by atoms with Gasteiger partial charge in [-0.3, -0.25) is 9.59 Å². The molecule has 2 rings (SSSR count). The van der Waals surface area contributed by atoms with Gasteiger partial charge in [0.25, 0.3) is 5.91 Å². The minimum Gasteiger partial charge on any atom is -0.376 e. The van der Waals surface area contributed by atoms with Crippen molar-refractivity contribution in [1.29, 1.82) is 0 Å². The molecule has 0 spiro atoms. The summed E-state index contributed by atoms with van der Waals surface area (Å²) >= 11 is 0. The standard InChI is InChI=1S/C17H19N3O2/c1-11-7-8-14(12(2)9-11)19-10-16(21)20-15-6-4-3-5-13(15)17(18)22/h3-9,19H,10H2,1-2H3,(H2,18,22)(H,20,21). The lowest BCUT2D eigenvalue weighted by atomic mass is 10.1. The topological polar surface area (TPSA) is 84.2 Å². The Morgan fingerprint density at radius 1 is 1.05 bits per heavy atom. The van der Waals surface area contributed by atoms with Crippen LogP contribution in [-0.2, 0) is 4.79 Å². The summed E-state index contributed by atoms with van der Waals surface area (Å²) in [6.07, 6.45) is 0. The number of carbonyl (C=O) groups is 2. The molecule has 0 bridgehead atoms. The number of hydrogen-bond donors (Lipinski definition) is 3. The Hall–Kier alpha value is -2.82. The maximum Gasteiger partial charge on any atom is 0.250 e. The lowest BCUT2D eigenvalue weighted by molar-refractivity contribution is -0.114. The molecule has 0 atom stereocenters. The molecule has 0 fully saturated rings. The number of primary amides is 1. The second kappa shape index (κ2) is 6.76. The quantitative estimate of drug-likeness (QED) is 0.792. The smallest absolute Gasteiger partial charge is 0.250 e. The van der Waals surface area contributed by atoms with Gasteiger partial charge in [0.05, 0.1) is 17.8 Å². The van der Waals surface area contributed by atoms with Gasteiger partial charge in [0.1, 0.15) is 0 Å². The van der Waals surface area contributed by atoms with E-state index in [1.165, 1.54) is 5.56 Å². The van der Waals surface area contributed by atoms with Crippen molar-refractivity contribution in [2.45, 2.75) is 13.8 Å². The Balaban J connectivity index is 2.00. The van der Waals surface area contributed by atoms with Crippen molar-refractivity contribution < 1.29 is 9.59 Å². The summed E-state index contributed by atoms with van der Waals surface area (Å²) in [6, 6.07) is 12.6. The predicted molar refractivity (Wildman–Crippen MR) is 88.0 cm³/mol. The maximum absolute atomic E-state index is 12.0. The van der Waals surface area contributed by atoms with Crippen LogP contribution in [0.25, 0.3) is 0 Å². The van der Waals surface area contributed by atoms with Gasteiger partial charge in [0, 0.05) is 5.69 Å². The summed E-state index contributed by atoms with van der Waals surface area (Å²) in [4.78, 5) is 23.3. The molecule has 5 heteroatoms. The maximum atomic E-state index is 12.0. The molecule has 22 heavy (non-hydrogen) atoms. The van der Waals surface area contributed by atoms with Crippen molar-refractivity contribution in [3.8, 4) is 0 Å². The molecule has 0 saturated carbocycles. The second-order valence-electron chi connectivity index (χ2n) is 5.13. The van der Waals surface area contributed by atoms with E-state index in [2.05, 4.69) is 10.6 Å². The van der Waals surface area contributed by atoms with Crippen LogP contribution in [-0.4, -0.2) is 18.4 Å². The molecule has 5 nitrogen and oxygen atoms in total. The third-order valence-electron chi connectivity index (χ3n) is 3.29. The van der Waals surface area contributed by atoms with Gasteiger partial charge in [-0.05, 0) is 37.6 Å². The minimum atomic E-state index is -0.571. The molecule has 2 aromatic carbocycles. The molecule has 0 radical (unpaired) electrons. The molecular weight excluding hydrogens is 278 g/mol. The van der Waals surface area contributed by atoms with E-state index in [4.69, 9.17) is 5.73 Å². The van der Waals surface area contributed by atoms with E-state index in [9.17, 15) is 9.59 Å². The molecule has 0 heterocycles. The third-order valence-corrected chi connectivity index (χ3v) is 3.29. The fourth-order valence-corrected chi connectivity index (χ4v) is 2.19. The van der Waals surface area contributed by atoms with Crippen molar-refractivity contribution in [3.63, 3.8) is 0 Å². The fraction of sp³-hybridized carbons (Fsp3) is 0.176. The monoisotopic (exact) mass is 297 g/mol. The van der Waals surface area contributed by atoms with Crippen LogP contribution < -0.4 is 16.4 Å². The number of nitrogens with two attached hydrogens (primary N) is 1. The van der Waals surface area contributed by atoms with Crippen molar-refractivity contribution >= 4 is 23.2 Å². The molecule has 2 amide bonds. The van der Waals surface area contributed by atoms with Gasteiger partial charge in [0.2, 0.25) is 5.91 Å². The average Bonchev–Trinajstić information content (AvgIpc) is 2.46. The van der Waals surface area contributed by atoms with Crippen LogP contribution in [0.2, 0.25) is 0 Å². The molecule has 4 N–H and O–H groups in total. The summed E-state index contributed by atoms with van der Waals surface area (Å²) in [7, 11) is 0. The summed E-state index contributed by atoms with van der Waals surface area (Å²) in [6.45, 7) is 4.11. The van der Waals surface area contributed by atoms with Crippen LogP contribution in [0.1, 0.15) is 21.5 Å². The lowest BCUT2D eigenvalue weighted by Gasteiger charge is -2.12. The van der Waals surface area contributed by atoms with E-state index in [0.29, 0.717) is 11.3 Å². The predicted octanol–water partition coefficient (Wildman–Crippen LogP) is 2.45. The first-order valence-corrected chi connectivity index (χ1v) is 6.97. The average molecular weight is 297 g/mol. The third kappa shape index (κ3) is 3.85. The van der Waals surface area contributed by atoms with E-state index in [-0.39, 0.29) is 12.5 Å². The van der Waals surface area contributed by atoms with Gasteiger partial charge in [-0.2, -0.15) is 0 Å². The Morgan fingerprint density at radius 3 is 2.45 bits per heavy atom. The molecule has 0 unspecified atom stereocenters. The van der Waals surface area contributed by atoms with Crippen LogP contribution in [0.5, 0.6) is 0 Å². The second-order valence-corrected chi connectivity index (χ2v) is 5.13. The van der Waals surface area contributed by atoms with Gasteiger partial charge in [-0.25, -0.2) is 0 Å². The van der Waals surface area contributed by atoms with Crippen LogP contribution in [0, 0.1) is 13.8 Å². The number of hydrogen-bond acceptors (Lipinski definition) is 3. The molecule has 0 aromatic heterocycles. The number of rotatable bonds is 5. The molecule has 114 valence electrons. The SMILES string of the molecule is Cc1ccc(NCC(=O)Nc2ccccc2C(N)=O)c(C)c1. The molecular formula is C17H19N3O2. The number of amides is 2. The zero-order valence-electron chi connectivity index (χ0n) is 12.6. The van der Waals surface area contributed by atoms with E-state index in [1.54, 1.807) is 24.3 Å². The van der Waals surface area contributed by atoms with Gasteiger partial charge < -0.3 is 16.4 Å². The first-order valence-electron chi connectivity index (χ1n) is 6.97. The summed E-state index contributed by atoms with van der Waals surface area (Å²) in [5.41, 5.74) is 9.15. The van der Waals surface area contributed by atoms with Gasteiger partial charge in [-0.15, -0.1) is 0 Å². The number of benzene rings is 2. The van der Waals surface area contributed by atoms with E-state index in [1.807, 2.05) is 32.0 Å². The highest BCUT2D eigenvalue weighted by Gasteiger charge is 2.10. The van der Waals surface area contributed by atoms with E-state index >= 15 is 0 Å². The van der Waals surface area contributed by atoms with Crippen LogP contribution in [0.3, 0.4) is 0 Å². The number of nitrogens with one attached hydrogen (secondary N) is 2. The highest BCUT2D eigenvalue weighted by Crippen LogP contribution is 2.16. The molecule has 0 aliphatic rings. The minimum absolute atomic E-state index is 0.108. The van der Waals surface area contributed by atoms with Gasteiger partial charge >= 0.3 is 0 Å². The summed E-state index contributed by atoms with van der Waals surface area (Å²) in [5, 5.41) is 5.77. The normalized spacial score (nSPS) is 10.1. The van der Waals surface area contributed by atoms with Gasteiger partial charge in [-0.1, -0.05) is 29.8 Å². The summed E-state index contributed by atoms with van der Waals surface area (Å²) in [5.74, 6) is -0.813. The molecule has 2 aromatic rings. The number of anilines is 2. The zero-order chi connectivity index (χ0) is 16.1. The lowest BCUT2D eigenvalue weighted by Crippen LogP contribution is -2.24. The largest absolute Gasteiger partial charge is 0.376 e. The highest BCUT2D eigenvalue weighted by atomic mass is 16.2. The van der Waals surface area contributed by atoms with Crippen LogP contribution >= 0.6 is 0 Å². The van der Waals surface area contributed by atoms with Crippen molar-refractivity contribution in [2.75, 3.05) is 17.2 Å². The first-order chi connectivity index (χ1) is 10.5. The molecule has 0 aliphatic heterocycles. The summed E-state index contributed by atoms with van der Waals surface area (Å²) < 4.78 is 0. The number of carbonyl (C=O) groups excluding carboxylic acids is 2. The molecule has 0 saturated heterocycles. The van der Waals surface area contributed by atoms with Gasteiger partial charge in [0.15, 0.2) is 0 Å². The number of para-hydroxylation sites is 1. The molecule has 0 aliphatic carbocycles. The van der Waals surface area contributed by atoms with Crippen molar-refractivity contribution in [2.24, 2.45) is 5.73 Å². The van der Waals surface area contributed by atoms with E-state index in [0.717, 1.165) is 11.3 Å². The van der Waals surface area contributed by atoms with Crippen LogP contribution in [0.4, 0.5) is 11.4 Å². The Bertz CT molecular complexity index is 711. The van der Waals surface area contributed by atoms with E-state index < -0.39 is 5.91 Å². The first kappa shape index (κ1) is 15.6. The fourth-order valence-electron chi connectivity index (χ4n) is 2.19. The highest BCUT2D eigenvalue weighted by molar-refractivity contribution is 6.03.